The molecule has 34 heavy (non-hydrogen) atoms. The van der Waals surface area contributed by atoms with E-state index in [0.717, 1.165) is 13.1 Å². The fraction of sp³-hybridized carbons (Fsp3) is 0.304. The number of aromatic nitrogens is 3. The van der Waals surface area contributed by atoms with Gasteiger partial charge in [-0.05, 0) is 43.3 Å². The highest BCUT2D eigenvalue weighted by Crippen LogP contribution is 2.26. The second-order valence-electron chi connectivity index (χ2n) is 8.34. The van der Waals surface area contributed by atoms with Crippen molar-refractivity contribution in [2.24, 2.45) is 5.92 Å². The zero-order chi connectivity index (χ0) is 24.2. The summed E-state index contributed by atoms with van der Waals surface area (Å²) in [6.07, 6.45) is 1.50. The van der Waals surface area contributed by atoms with Gasteiger partial charge in [-0.15, -0.1) is 0 Å². The molecule has 1 aliphatic rings. The van der Waals surface area contributed by atoms with Gasteiger partial charge >= 0.3 is 0 Å². The molecular weight excluding hydrogens is 461 g/mol. The molecule has 1 saturated heterocycles. The zero-order valence-electron chi connectivity index (χ0n) is 18.7. The molecule has 178 valence electrons. The first kappa shape index (κ1) is 23.8. The number of hydrogen-bond donors (Lipinski definition) is 4. The lowest BCUT2D eigenvalue weighted by Gasteiger charge is -2.44. The van der Waals surface area contributed by atoms with Crippen LogP contribution in [-0.2, 0) is 4.79 Å². The highest BCUT2D eigenvalue weighted by atomic mass is 35.5. The summed E-state index contributed by atoms with van der Waals surface area (Å²) in [6.45, 7) is 4.16. The molecular formula is C23H25ClFN7O2. The predicted octanol–water partition coefficient (Wildman–Crippen LogP) is 2.85. The van der Waals surface area contributed by atoms with Crippen LogP contribution in [0.25, 0.3) is 11.3 Å². The van der Waals surface area contributed by atoms with Gasteiger partial charge in [-0.2, -0.15) is 5.10 Å². The van der Waals surface area contributed by atoms with Crippen molar-refractivity contribution in [2.75, 3.05) is 37.3 Å². The van der Waals surface area contributed by atoms with Crippen molar-refractivity contribution in [3.05, 3.63) is 63.8 Å². The molecule has 2 aromatic heterocycles. The lowest BCUT2D eigenvalue weighted by Crippen LogP contribution is -2.57. The maximum Gasteiger partial charge on any atom is 0.287 e. The van der Waals surface area contributed by atoms with E-state index >= 15 is 0 Å². The number of anilines is 3. The molecule has 0 saturated carbocycles. The van der Waals surface area contributed by atoms with Crippen LogP contribution < -0.4 is 21.5 Å². The van der Waals surface area contributed by atoms with Crippen molar-refractivity contribution < 1.29 is 9.18 Å². The van der Waals surface area contributed by atoms with E-state index < -0.39 is 11.4 Å². The van der Waals surface area contributed by atoms with Gasteiger partial charge in [0.05, 0.1) is 12.2 Å². The molecule has 3 aromatic rings. The van der Waals surface area contributed by atoms with Gasteiger partial charge in [0.2, 0.25) is 5.91 Å². The molecule has 1 aromatic carbocycles. The number of nitrogens with one attached hydrogen (secondary N) is 4. The van der Waals surface area contributed by atoms with Crippen LogP contribution in [-0.4, -0.2) is 58.7 Å². The van der Waals surface area contributed by atoms with E-state index in [0.29, 0.717) is 28.5 Å². The van der Waals surface area contributed by atoms with Crippen LogP contribution in [0.5, 0.6) is 0 Å². The summed E-state index contributed by atoms with van der Waals surface area (Å²) >= 11 is 5.97. The maximum atomic E-state index is 14.2. The Hall–Kier alpha value is -3.34. The third kappa shape index (κ3) is 5.58. The Morgan fingerprint density at radius 2 is 2.12 bits per heavy atom. The van der Waals surface area contributed by atoms with Crippen molar-refractivity contribution in [1.29, 1.82) is 0 Å². The molecule has 0 aliphatic carbocycles. The van der Waals surface area contributed by atoms with Gasteiger partial charge in [-0.1, -0.05) is 18.5 Å². The highest BCUT2D eigenvalue weighted by molar-refractivity contribution is 6.30. The van der Waals surface area contributed by atoms with Crippen molar-refractivity contribution in [3.63, 3.8) is 0 Å². The monoisotopic (exact) mass is 485 g/mol. The number of carbonyl (C=O) groups excluding carboxylic acids is 1. The second-order valence-corrected chi connectivity index (χ2v) is 8.77. The van der Waals surface area contributed by atoms with Crippen molar-refractivity contribution >= 4 is 34.7 Å². The van der Waals surface area contributed by atoms with Crippen LogP contribution in [0.15, 0.2) is 47.4 Å². The van der Waals surface area contributed by atoms with Crippen LogP contribution in [0.4, 0.5) is 21.6 Å². The summed E-state index contributed by atoms with van der Waals surface area (Å²) in [6, 6.07) is 9.19. The molecule has 2 atom stereocenters. The minimum atomic E-state index is -0.518. The Morgan fingerprint density at radius 1 is 1.29 bits per heavy atom. The molecule has 0 radical (unpaired) electrons. The van der Waals surface area contributed by atoms with Crippen molar-refractivity contribution in [3.8, 4) is 11.3 Å². The molecule has 4 rings (SSSR count). The first-order valence-electron chi connectivity index (χ1n) is 10.8. The van der Waals surface area contributed by atoms with Gasteiger partial charge in [0.1, 0.15) is 17.3 Å². The number of nitrogens with zero attached hydrogens (tertiary/aromatic N) is 3. The number of H-pyrrole nitrogens is 1. The van der Waals surface area contributed by atoms with Gasteiger partial charge in [-0.25, -0.2) is 14.5 Å². The number of amides is 1. The average Bonchev–Trinajstić information content (AvgIpc) is 2.80. The Labute approximate surface area is 200 Å². The maximum absolute atomic E-state index is 14.2. The standard InChI is InChI=1S/C23H25ClFN7O2/c1-13-12-32(2)20(13)10-26-11-22(33)29-21-8-15(5-6-27-21)28-19-9-18(30-31-23(19)34)16-7-14(24)3-4-17(16)25/h3-9,13,20,26H,10-12H2,1-2H3,(H,31,34)(H2,27,28,29,30,33). The summed E-state index contributed by atoms with van der Waals surface area (Å²) in [5.74, 6) is 0.199. The summed E-state index contributed by atoms with van der Waals surface area (Å²) in [5.41, 5.74) is 0.533. The van der Waals surface area contributed by atoms with Gasteiger partial charge in [-0.3, -0.25) is 9.59 Å². The molecule has 1 aliphatic heterocycles. The molecule has 0 bridgehead atoms. The van der Waals surface area contributed by atoms with E-state index in [1.54, 1.807) is 12.1 Å². The van der Waals surface area contributed by atoms with Crippen LogP contribution in [0.3, 0.4) is 0 Å². The number of aromatic amines is 1. The number of hydrogen-bond acceptors (Lipinski definition) is 7. The Morgan fingerprint density at radius 3 is 2.88 bits per heavy atom. The van der Waals surface area contributed by atoms with Crippen molar-refractivity contribution in [1.82, 2.24) is 25.4 Å². The van der Waals surface area contributed by atoms with Crippen LogP contribution >= 0.6 is 11.6 Å². The number of benzene rings is 1. The Bertz CT molecular complexity index is 1240. The van der Waals surface area contributed by atoms with E-state index in [1.165, 1.54) is 30.5 Å². The molecule has 3 heterocycles. The Kier molecular flexibility index (Phi) is 7.20. The van der Waals surface area contributed by atoms with E-state index in [4.69, 9.17) is 11.6 Å². The number of likely N-dealkylation sites (tertiary alicyclic amines) is 1. The van der Waals surface area contributed by atoms with Gasteiger partial charge in [0.15, 0.2) is 0 Å². The number of rotatable bonds is 8. The summed E-state index contributed by atoms with van der Waals surface area (Å²) in [7, 11) is 2.07. The summed E-state index contributed by atoms with van der Waals surface area (Å²) in [4.78, 5) is 31.0. The SMILES string of the molecule is CC1CN(C)C1CNCC(=O)Nc1cc(Nc2cc(-c3cc(Cl)ccc3F)n[nH]c2=O)ccn1. The second kappa shape index (κ2) is 10.3. The minimum absolute atomic E-state index is 0.147. The minimum Gasteiger partial charge on any atom is -0.351 e. The smallest absolute Gasteiger partial charge is 0.287 e. The lowest BCUT2D eigenvalue weighted by molar-refractivity contribution is -0.115. The first-order valence-corrected chi connectivity index (χ1v) is 11.2. The van der Waals surface area contributed by atoms with Gasteiger partial charge in [0.25, 0.3) is 5.56 Å². The normalized spacial score (nSPS) is 17.8. The average molecular weight is 486 g/mol. The zero-order valence-corrected chi connectivity index (χ0v) is 19.5. The lowest BCUT2D eigenvalue weighted by atomic mass is 9.91. The number of pyridine rings is 1. The van der Waals surface area contributed by atoms with Crippen LogP contribution in [0.1, 0.15) is 6.92 Å². The van der Waals surface area contributed by atoms with Crippen molar-refractivity contribution in [2.45, 2.75) is 13.0 Å². The highest BCUT2D eigenvalue weighted by Gasteiger charge is 2.31. The first-order chi connectivity index (χ1) is 16.3. The molecule has 11 heteroatoms. The van der Waals surface area contributed by atoms with Gasteiger partial charge in [0, 0.05) is 47.7 Å². The summed E-state index contributed by atoms with van der Waals surface area (Å²) in [5, 5.41) is 15.5. The van der Waals surface area contributed by atoms with Crippen LogP contribution in [0.2, 0.25) is 5.02 Å². The van der Waals surface area contributed by atoms with E-state index in [-0.39, 0.29) is 29.4 Å². The molecule has 9 nitrogen and oxygen atoms in total. The predicted molar refractivity (Wildman–Crippen MR) is 130 cm³/mol. The van der Waals surface area contributed by atoms with E-state index in [1.807, 2.05) is 0 Å². The van der Waals surface area contributed by atoms with E-state index in [2.05, 4.69) is 50.0 Å². The number of halogens is 2. The molecule has 1 amide bonds. The molecule has 2 unspecified atom stereocenters. The third-order valence-electron chi connectivity index (χ3n) is 5.75. The van der Waals surface area contributed by atoms with Crippen LogP contribution in [0, 0.1) is 11.7 Å². The fourth-order valence-corrected chi connectivity index (χ4v) is 4.12. The van der Waals surface area contributed by atoms with Gasteiger partial charge < -0.3 is 20.9 Å². The molecule has 0 spiro atoms. The largest absolute Gasteiger partial charge is 0.351 e. The number of likely N-dealkylation sites (N-methyl/N-ethyl adjacent to an activating group) is 1. The quantitative estimate of drug-likeness (QED) is 0.388. The number of carbonyl (C=O) groups is 1. The topological polar surface area (TPSA) is 115 Å². The van der Waals surface area contributed by atoms with E-state index in [9.17, 15) is 14.0 Å². The molecule has 4 N–H and O–H groups in total. The Balaban J connectivity index is 1.41. The third-order valence-corrected chi connectivity index (χ3v) is 5.99. The molecule has 1 fully saturated rings. The fourth-order valence-electron chi connectivity index (χ4n) is 3.95. The summed E-state index contributed by atoms with van der Waals surface area (Å²) < 4.78 is 14.2.